The molecule has 0 bridgehead atoms. The van der Waals surface area contributed by atoms with E-state index in [1.54, 1.807) is 24.3 Å². The number of carbonyl (C=O) groups is 1. The van der Waals surface area contributed by atoms with E-state index in [2.05, 4.69) is 6.07 Å². The van der Waals surface area contributed by atoms with Gasteiger partial charge in [0.25, 0.3) is 0 Å². The molecule has 0 saturated heterocycles. The van der Waals surface area contributed by atoms with Gasteiger partial charge in [-0.25, -0.2) is 4.79 Å². The molecule has 0 fully saturated rings. The molecule has 0 radical (unpaired) electrons. The molecular weight excluding hydrogens is 169 g/mol. The second-order valence-corrected chi connectivity index (χ2v) is 1.62. The van der Waals surface area contributed by atoms with E-state index in [9.17, 15) is 0 Å². The van der Waals surface area contributed by atoms with E-state index in [4.69, 9.17) is 20.7 Å². The van der Waals surface area contributed by atoms with Crippen LogP contribution in [0.2, 0.25) is 0 Å². The average Bonchev–Trinajstić information content (AvgIpc) is 1.87. The molecular formula is C7H8NNaO3. The second-order valence-electron chi connectivity index (χ2n) is 1.62. The van der Waals surface area contributed by atoms with Gasteiger partial charge < -0.3 is 15.9 Å². The van der Waals surface area contributed by atoms with Gasteiger partial charge in [-0.1, -0.05) is 5.69 Å². The Labute approximate surface area is 92.3 Å². The number of hydrogen-bond donors (Lipinski definition) is 3. The summed E-state index contributed by atoms with van der Waals surface area (Å²) in [6.07, 6.45) is -1.83. The standard InChI is InChI=1S/C6H6N.CH2O3.Na/c7-6-4-2-1-3-5-6;2-1(3)4;/h2-5H,7H2;(H2,2,3,4);/q-1;;+1. The molecule has 0 unspecified atom stereocenters. The van der Waals surface area contributed by atoms with Crippen LogP contribution in [0.5, 0.6) is 0 Å². The number of nitrogen functional groups attached to an aromatic ring is 1. The first-order valence-corrected chi connectivity index (χ1v) is 2.76. The Hall–Kier alpha value is -0.710. The van der Waals surface area contributed by atoms with Crippen LogP contribution >= 0.6 is 0 Å². The van der Waals surface area contributed by atoms with Crippen LogP contribution in [0.1, 0.15) is 0 Å². The van der Waals surface area contributed by atoms with Crippen molar-refractivity contribution in [2.75, 3.05) is 5.73 Å². The van der Waals surface area contributed by atoms with E-state index in [1.807, 2.05) is 0 Å². The molecule has 0 spiro atoms. The van der Waals surface area contributed by atoms with Crippen LogP contribution in [-0.2, 0) is 0 Å². The maximum atomic E-state index is 8.56. The average molecular weight is 177 g/mol. The summed E-state index contributed by atoms with van der Waals surface area (Å²) >= 11 is 0. The topological polar surface area (TPSA) is 83.6 Å². The van der Waals surface area contributed by atoms with E-state index in [0.717, 1.165) is 5.69 Å². The van der Waals surface area contributed by atoms with Crippen molar-refractivity contribution in [1.29, 1.82) is 0 Å². The Balaban J connectivity index is 0. The third-order valence-electron chi connectivity index (χ3n) is 0.744. The largest absolute Gasteiger partial charge is 1.00 e. The first kappa shape index (κ1) is 13.9. The number of nitrogens with two attached hydrogens (primary N) is 1. The van der Waals surface area contributed by atoms with Crippen LogP contribution in [-0.4, -0.2) is 16.4 Å². The summed E-state index contributed by atoms with van der Waals surface area (Å²) in [5, 5.41) is 13.9. The zero-order chi connectivity index (χ0) is 8.69. The summed E-state index contributed by atoms with van der Waals surface area (Å²) in [4.78, 5) is 8.56. The van der Waals surface area contributed by atoms with Gasteiger partial charge in [-0.15, -0.1) is 12.1 Å². The summed E-state index contributed by atoms with van der Waals surface area (Å²) in [7, 11) is 0. The van der Waals surface area contributed by atoms with E-state index in [0.29, 0.717) is 0 Å². The number of rotatable bonds is 0. The predicted molar refractivity (Wildman–Crippen MR) is 40.3 cm³/mol. The van der Waals surface area contributed by atoms with Gasteiger partial charge in [-0.3, -0.25) is 0 Å². The molecule has 0 aliphatic rings. The molecule has 5 heteroatoms. The minimum absolute atomic E-state index is 0. The molecule has 1 aromatic carbocycles. The Kier molecular flexibility index (Phi) is 9.68. The minimum atomic E-state index is -1.83. The van der Waals surface area contributed by atoms with E-state index >= 15 is 0 Å². The van der Waals surface area contributed by atoms with Crippen molar-refractivity contribution in [3.63, 3.8) is 0 Å². The molecule has 12 heavy (non-hydrogen) atoms. The van der Waals surface area contributed by atoms with Gasteiger partial charge in [-0.2, -0.15) is 18.2 Å². The number of anilines is 1. The van der Waals surface area contributed by atoms with Crippen molar-refractivity contribution >= 4 is 11.8 Å². The molecule has 0 aliphatic heterocycles. The van der Waals surface area contributed by atoms with E-state index < -0.39 is 6.16 Å². The Bertz CT molecular complexity index is 211. The summed E-state index contributed by atoms with van der Waals surface area (Å²) in [5.41, 5.74) is 6.13. The van der Waals surface area contributed by atoms with Crippen molar-refractivity contribution in [2.24, 2.45) is 0 Å². The predicted octanol–water partition coefficient (Wildman–Crippen LogP) is -1.70. The molecule has 0 heterocycles. The SMILES string of the molecule is Nc1cc[c-]cc1.O=C(O)O.[Na+]. The van der Waals surface area contributed by atoms with Crippen molar-refractivity contribution in [3.05, 3.63) is 30.3 Å². The van der Waals surface area contributed by atoms with Gasteiger partial charge in [0, 0.05) is 0 Å². The summed E-state index contributed by atoms with van der Waals surface area (Å²) in [6.45, 7) is 0. The monoisotopic (exact) mass is 177 g/mol. The molecule has 0 aromatic heterocycles. The first-order chi connectivity index (χ1) is 5.13. The zero-order valence-corrected chi connectivity index (χ0v) is 8.69. The van der Waals surface area contributed by atoms with Crippen LogP contribution in [0.3, 0.4) is 0 Å². The van der Waals surface area contributed by atoms with Crippen LogP contribution in [0.4, 0.5) is 10.5 Å². The molecule has 0 amide bonds. The van der Waals surface area contributed by atoms with E-state index in [1.165, 1.54) is 0 Å². The second kappa shape index (κ2) is 8.39. The zero-order valence-electron chi connectivity index (χ0n) is 6.69. The molecule has 0 atom stereocenters. The first-order valence-electron chi connectivity index (χ1n) is 2.76. The van der Waals surface area contributed by atoms with Gasteiger partial charge in [0.05, 0.1) is 0 Å². The Morgan fingerprint density at radius 1 is 1.33 bits per heavy atom. The quantitative estimate of drug-likeness (QED) is 0.250. The maximum Gasteiger partial charge on any atom is 1.00 e. The van der Waals surface area contributed by atoms with Crippen molar-refractivity contribution in [1.82, 2.24) is 0 Å². The van der Waals surface area contributed by atoms with Crippen molar-refractivity contribution in [2.45, 2.75) is 0 Å². The van der Waals surface area contributed by atoms with Gasteiger partial charge in [0.15, 0.2) is 0 Å². The molecule has 60 valence electrons. The number of hydrogen-bond acceptors (Lipinski definition) is 2. The van der Waals surface area contributed by atoms with Crippen LogP contribution in [0, 0.1) is 6.07 Å². The number of benzene rings is 1. The molecule has 4 nitrogen and oxygen atoms in total. The third kappa shape index (κ3) is 12.0. The van der Waals surface area contributed by atoms with Gasteiger partial charge in [0.1, 0.15) is 0 Å². The molecule has 4 N–H and O–H groups in total. The van der Waals surface area contributed by atoms with Gasteiger partial charge in [0.2, 0.25) is 0 Å². The van der Waals surface area contributed by atoms with Crippen LogP contribution in [0.15, 0.2) is 24.3 Å². The van der Waals surface area contributed by atoms with E-state index in [-0.39, 0.29) is 29.6 Å². The van der Waals surface area contributed by atoms with Crippen molar-refractivity contribution < 1.29 is 44.6 Å². The van der Waals surface area contributed by atoms with Gasteiger partial charge in [-0.05, 0) is 0 Å². The Morgan fingerprint density at radius 2 is 1.67 bits per heavy atom. The fourth-order valence-electron chi connectivity index (χ4n) is 0.400. The molecule has 0 aliphatic carbocycles. The normalized spacial score (nSPS) is 7.00. The summed E-state index contributed by atoms with van der Waals surface area (Å²) in [5.74, 6) is 0. The summed E-state index contributed by atoms with van der Waals surface area (Å²) in [6, 6.07) is 10.0. The van der Waals surface area contributed by atoms with Crippen molar-refractivity contribution in [3.8, 4) is 0 Å². The maximum absolute atomic E-state index is 8.56. The molecule has 1 rings (SSSR count). The Morgan fingerprint density at radius 3 is 1.83 bits per heavy atom. The molecule has 1 aromatic rings. The molecule has 0 saturated carbocycles. The minimum Gasteiger partial charge on any atom is -0.450 e. The fourth-order valence-corrected chi connectivity index (χ4v) is 0.400. The van der Waals surface area contributed by atoms with Gasteiger partial charge >= 0.3 is 35.7 Å². The fraction of sp³-hybridized carbons (Fsp3) is 0. The van der Waals surface area contributed by atoms with Crippen LogP contribution in [0.25, 0.3) is 0 Å². The third-order valence-corrected chi connectivity index (χ3v) is 0.744. The summed E-state index contributed by atoms with van der Waals surface area (Å²) < 4.78 is 0. The smallest absolute Gasteiger partial charge is 0.450 e. The van der Waals surface area contributed by atoms with Crippen LogP contribution < -0.4 is 35.3 Å². The number of carboxylic acid groups (broad SMARTS) is 2.